The largest absolute Gasteiger partial charge is 0.478 e. The smallest absolute Gasteiger partial charge is 0.336 e. The van der Waals surface area contributed by atoms with Crippen LogP contribution in [-0.4, -0.2) is 61.3 Å². The van der Waals surface area contributed by atoms with Crippen LogP contribution in [-0.2, 0) is 42.9 Å². The minimum atomic E-state index is -1.67. The van der Waals surface area contributed by atoms with Crippen molar-refractivity contribution in [3.05, 3.63) is 159 Å². The summed E-state index contributed by atoms with van der Waals surface area (Å²) in [6, 6.07) is 15.4. The molecule has 0 aromatic heterocycles. The Morgan fingerprint density at radius 2 is 1.00 bits per heavy atom. The van der Waals surface area contributed by atoms with E-state index >= 15 is 0 Å². The van der Waals surface area contributed by atoms with Gasteiger partial charge in [-0.1, -0.05) is 103 Å². The summed E-state index contributed by atoms with van der Waals surface area (Å²) in [6.07, 6.45) is 8.21. The van der Waals surface area contributed by atoms with Gasteiger partial charge in [-0.25, -0.2) is 14.0 Å². The molecule has 0 aliphatic carbocycles. The van der Waals surface area contributed by atoms with Crippen LogP contribution >= 0.6 is 33.0 Å². The molecular formula is C58H75Cl3N2O12S. The molecule has 0 fully saturated rings. The molecule has 0 saturated carbocycles. The number of halogens is 3. The number of carbonyl (C=O) groups is 7. The molecule has 18 heteroatoms. The first kappa shape index (κ1) is 71.7. The van der Waals surface area contributed by atoms with E-state index in [9.17, 15) is 33.6 Å². The zero-order valence-electron chi connectivity index (χ0n) is 44.1. The Labute approximate surface area is 466 Å². The molecule has 0 aliphatic heterocycles. The van der Waals surface area contributed by atoms with Gasteiger partial charge in [0.15, 0.2) is 0 Å². The molecule has 2 amide bonds. The second-order valence-electron chi connectivity index (χ2n) is 17.9. The molecule has 0 radical (unpaired) electrons. The molecule has 0 saturated heterocycles. The van der Waals surface area contributed by atoms with Gasteiger partial charge in [0.05, 0.1) is 11.6 Å². The third-order valence-electron chi connectivity index (χ3n) is 10.8. The number of hydrazine groups is 1. The van der Waals surface area contributed by atoms with E-state index in [0.29, 0.717) is 69.9 Å². The monoisotopic (exact) mass is 1130 g/mol. The molecule has 416 valence electrons. The highest BCUT2D eigenvalue weighted by Gasteiger charge is 2.35. The van der Waals surface area contributed by atoms with E-state index in [0.717, 1.165) is 40.7 Å². The normalized spacial score (nSPS) is 10.5. The summed E-state index contributed by atoms with van der Waals surface area (Å²) < 4.78 is 24.7. The quantitative estimate of drug-likeness (QED) is 0.0354. The number of hydrogen-bond acceptors (Lipinski definition) is 11. The van der Waals surface area contributed by atoms with Crippen LogP contribution in [0.1, 0.15) is 162 Å². The molecule has 0 unspecified atom stereocenters. The molecule has 1 atom stereocenters. The summed E-state index contributed by atoms with van der Waals surface area (Å²) >= 11 is 5.45. The third-order valence-corrected chi connectivity index (χ3v) is 11.0. The Balaban J connectivity index is 0. The Morgan fingerprint density at radius 3 is 1.32 bits per heavy atom. The molecule has 2 N–H and O–H groups in total. The van der Waals surface area contributed by atoms with Gasteiger partial charge in [0, 0.05) is 75.5 Å². The molecule has 0 aliphatic rings. The second kappa shape index (κ2) is 34.3. The zero-order valence-corrected chi connectivity index (χ0v) is 47.2. The van der Waals surface area contributed by atoms with Crippen molar-refractivity contribution in [2.45, 2.75) is 136 Å². The second-order valence-corrected chi connectivity index (χ2v) is 20.7. The van der Waals surface area contributed by atoms with Crippen molar-refractivity contribution in [2.75, 3.05) is 0 Å². The standard InChI is InChI=1S/C30H40N2O4.C13H13ClO3.C13H14O4.2CH4.Cl2OS/c1-10-12-23-14-15-25(21(5)27(23)36-22(6)33)28(34)31-32(26(13-11-2)30(7,8)9)29(35)24-17-19(3)16-20(4)18-24;1-4-5-10-6-7-11(13(14)16)8(2)12(10)17-9(3)15;1-4-5-10-6-7-11(13(15)16)8(2)12(10)17-9(3)14;;;1-4(2)3/h10,14-18,26H,1,11-13H2,2-9H3,(H,31,34);4,6-7H,1,5H2,2-3H3;4,6-7H,1,5H2,2-3H3,(H,15,16);2*1H4;/t26-;;;;;/m1...../s1. The number of nitrogens with zero attached hydrogens (tertiary/aromatic N) is 1. The fourth-order valence-electron chi connectivity index (χ4n) is 7.64. The maximum absolute atomic E-state index is 13.8. The number of carboxylic acids is 1. The Bertz CT molecular complexity index is 2650. The number of nitrogens with one attached hydrogen (secondary N) is 1. The lowest BCUT2D eigenvalue weighted by molar-refractivity contribution is -0.132. The molecule has 4 aromatic rings. The zero-order chi connectivity index (χ0) is 56.8. The Hall–Kier alpha value is -6.39. The molecule has 76 heavy (non-hydrogen) atoms. The van der Waals surface area contributed by atoms with Crippen molar-refractivity contribution in [1.29, 1.82) is 0 Å². The van der Waals surface area contributed by atoms with Crippen LogP contribution in [0.2, 0.25) is 0 Å². The van der Waals surface area contributed by atoms with E-state index < -0.39 is 44.3 Å². The summed E-state index contributed by atoms with van der Waals surface area (Å²) in [5.74, 6) is -2.05. The lowest BCUT2D eigenvalue weighted by Gasteiger charge is -2.40. The Morgan fingerprint density at radius 1 is 0.658 bits per heavy atom. The maximum Gasteiger partial charge on any atom is 0.336 e. The summed E-state index contributed by atoms with van der Waals surface area (Å²) in [7, 11) is 7.36. The first-order chi connectivity index (χ1) is 34.5. The molecule has 0 heterocycles. The average molecular weight is 1130 g/mol. The number of hydrogen-bond donors (Lipinski definition) is 2. The van der Waals surface area contributed by atoms with E-state index in [-0.39, 0.29) is 37.8 Å². The Kier molecular flexibility index (Phi) is 32.4. The number of amides is 2. The maximum atomic E-state index is 13.8. The van der Waals surface area contributed by atoms with E-state index in [2.05, 4.69) is 74.2 Å². The summed E-state index contributed by atoms with van der Waals surface area (Å²) in [5.41, 5.74) is 9.78. The highest BCUT2D eigenvalue weighted by Crippen LogP contribution is 2.32. The molecule has 4 aromatic carbocycles. The highest BCUT2D eigenvalue weighted by molar-refractivity contribution is 8.26. The molecular weight excluding hydrogens is 1060 g/mol. The number of ether oxygens (including phenoxy) is 3. The molecule has 4 rings (SSSR count). The topological polar surface area (TPSA) is 200 Å². The minimum absolute atomic E-state index is 0. The van der Waals surface area contributed by atoms with E-state index in [4.69, 9.17) is 35.1 Å². The minimum Gasteiger partial charge on any atom is -0.478 e. The van der Waals surface area contributed by atoms with Crippen LogP contribution in [0.3, 0.4) is 0 Å². The number of esters is 3. The van der Waals surface area contributed by atoms with Crippen molar-refractivity contribution >= 4 is 83.1 Å². The fraction of sp³-hybridized carbons (Fsp3) is 0.362. The predicted molar refractivity (Wildman–Crippen MR) is 307 cm³/mol. The van der Waals surface area contributed by atoms with E-state index in [1.54, 1.807) is 69.3 Å². The first-order valence-corrected chi connectivity index (χ1v) is 26.3. The van der Waals surface area contributed by atoms with Gasteiger partial charge in [-0.05, 0) is 124 Å². The number of allylic oxidation sites excluding steroid dienone is 3. The highest BCUT2D eigenvalue weighted by atomic mass is 36.0. The van der Waals surface area contributed by atoms with Gasteiger partial charge in [-0.15, -0.1) is 19.7 Å². The van der Waals surface area contributed by atoms with Gasteiger partial charge < -0.3 is 19.3 Å². The van der Waals surface area contributed by atoms with Crippen molar-refractivity contribution in [2.24, 2.45) is 5.41 Å². The number of benzene rings is 4. The van der Waals surface area contributed by atoms with E-state index in [1.807, 2.05) is 32.0 Å². The summed E-state index contributed by atoms with van der Waals surface area (Å²) in [6.45, 7) is 32.1. The molecule has 0 bridgehead atoms. The SMILES string of the molecule is C.C.C=CCc1ccc(C(=O)Cl)c(C)c1OC(C)=O.C=CCc1ccc(C(=O)NN(C(=O)c2cc(C)cc(C)c2)[C@H](CCC)C(C)(C)C)c(C)c1OC(C)=O.C=CCc1ccc(C(=O)O)c(C)c1OC(C)=O.O=S(Cl)Cl. The molecule has 0 spiro atoms. The van der Waals surface area contributed by atoms with Gasteiger partial charge in [0.25, 0.3) is 17.1 Å². The molecule has 14 nitrogen and oxygen atoms in total. The van der Waals surface area contributed by atoms with Crippen LogP contribution in [0.25, 0.3) is 0 Å². The van der Waals surface area contributed by atoms with E-state index in [1.165, 1.54) is 31.8 Å². The predicted octanol–water partition coefficient (Wildman–Crippen LogP) is 14.0. The summed E-state index contributed by atoms with van der Waals surface area (Å²) in [5, 5.41) is 9.90. The van der Waals surface area contributed by atoms with Gasteiger partial charge in [0.1, 0.15) is 17.2 Å². The van der Waals surface area contributed by atoms with Crippen LogP contribution in [0.4, 0.5) is 0 Å². The number of aryl methyl sites for hydroxylation is 2. The van der Waals surface area contributed by atoms with Crippen LogP contribution < -0.4 is 19.6 Å². The average Bonchev–Trinajstić information content (AvgIpc) is 3.27. The van der Waals surface area contributed by atoms with Gasteiger partial charge >= 0.3 is 23.9 Å². The van der Waals surface area contributed by atoms with Crippen molar-refractivity contribution in [3.8, 4) is 17.2 Å². The van der Waals surface area contributed by atoms with Crippen LogP contribution in [0, 0.1) is 40.0 Å². The number of aromatic carboxylic acids is 1. The van der Waals surface area contributed by atoms with Gasteiger partial charge in [0.2, 0.25) is 9.23 Å². The first-order valence-electron chi connectivity index (χ1n) is 23.1. The number of carbonyl (C=O) groups excluding carboxylic acids is 6. The van der Waals surface area contributed by atoms with Crippen LogP contribution in [0.5, 0.6) is 17.2 Å². The lowest BCUT2D eigenvalue weighted by Crippen LogP contribution is -2.56. The third kappa shape index (κ3) is 22.8. The van der Waals surface area contributed by atoms with Crippen LogP contribution in [0.15, 0.2) is 92.6 Å². The van der Waals surface area contributed by atoms with Crippen molar-refractivity contribution in [3.63, 3.8) is 0 Å². The van der Waals surface area contributed by atoms with Crippen molar-refractivity contribution < 1.29 is 57.1 Å². The summed E-state index contributed by atoms with van der Waals surface area (Å²) in [4.78, 5) is 83.4. The fourth-order valence-corrected chi connectivity index (χ4v) is 7.84. The number of carboxylic acid groups (broad SMARTS) is 1. The number of rotatable bonds is 16. The lowest BCUT2D eigenvalue weighted by atomic mass is 9.83. The van der Waals surface area contributed by atoms with Gasteiger partial charge in [-0.3, -0.25) is 34.2 Å². The van der Waals surface area contributed by atoms with Crippen molar-refractivity contribution in [1.82, 2.24) is 10.4 Å². The van der Waals surface area contributed by atoms with Gasteiger partial charge in [-0.2, -0.15) is 0 Å².